The van der Waals surface area contributed by atoms with E-state index in [9.17, 15) is 0 Å². The first-order valence-corrected chi connectivity index (χ1v) is 5.20. The average molecular weight is 192 g/mol. The third kappa shape index (κ3) is 3.04. The normalized spacial score (nSPS) is 12.6. The van der Waals surface area contributed by atoms with Crippen LogP contribution in [-0.4, -0.2) is 19.1 Å². The monoisotopic (exact) mass is 192 g/mol. The number of anilines is 1. The van der Waals surface area contributed by atoms with Crippen LogP contribution in [0.1, 0.15) is 19.4 Å². The second kappa shape index (κ2) is 5.01. The van der Waals surface area contributed by atoms with E-state index in [1.165, 1.54) is 11.3 Å². The molecule has 0 aliphatic carbocycles. The largest absolute Gasteiger partial charge is 0.370 e. The Bertz CT molecular complexity index is 281. The van der Waals surface area contributed by atoms with Crippen LogP contribution in [0.5, 0.6) is 0 Å². The number of nitrogens with zero attached hydrogens (tertiary/aromatic N) is 1. The second-order valence-electron chi connectivity index (χ2n) is 3.85. The van der Waals surface area contributed by atoms with Gasteiger partial charge in [-0.3, -0.25) is 0 Å². The molecule has 1 atom stereocenters. The lowest BCUT2D eigenvalue weighted by molar-refractivity contribution is 0.689. The van der Waals surface area contributed by atoms with Gasteiger partial charge in [0.05, 0.1) is 0 Å². The highest BCUT2D eigenvalue weighted by atomic mass is 15.1. The van der Waals surface area contributed by atoms with Crippen LogP contribution in [0.3, 0.4) is 0 Å². The van der Waals surface area contributed by atoms with Crippen LogP contribution in [-0.2, 0) is 0 Å². The minimum absolute atomic E-state index is 0.218. The van der Waals surface area contributed by atoms with Crippen molar-refractivity contribution in [3.05, 3.63) is 29.8 Å². The smallest absolute Gasteiger partial charge is 0.0369 e. The summed E-state index contributed by atoms with van der Waals surface area (Å²) in [6, 6.07) is 8.76. The lowest BCUT2D eigenvalue weighted by atomic mass is 10.2. The van der Waals surface area contributed by atoms with Gasteiger partial charge in [-0.05, 0) is 38.5 Å². The van der Waals surface area contributed by atoms with Gasteiger partial charge in [-0.1, -0.05) is 12.1 Å². The molecular weight excluding hydrogens is 172 g/mol. The number of likely N-dealkylation sites (N-methyl/N-ethyl adjacent to an activating group) is 1. The summed E-state index contributed by atoms with van der Waals surface area (Å²) < 4.78 is 0. The molecule has 2 heteroatoms. The molecule has 0 aromatic heterocycles. The molecule has 0 aliphatic rings. The van der Waals surface area contributed by atoms with Gasteiger partial charge < -0.3 is 10.6 Å². The number of aryl methyl sites for hydroxylation is 1. The van der Waals surface area contributed by atoms with Crippen LogP contribution >= 0.6 is 0 Å². The predicted octanol–water partition coefficient (Wildman–Crippen LogP) is 2.17. The van der Waals surface area contributed by atoms with E-state index >= 15 is 0 Å². The van der Waals surface area contributed by atoms with Crippen LogP contribution in [0.15, 0.2) is 24.3 Å². The zero-order valence-electron chi connectivity index (χ0n) is 9.33. The van der Waals surface area contributed by atoms with Crippen LogP contribution < -0.4 is 10.6 Å². The second-order valence-corrected chi connectivity index (χ2v) is 3.85. The lowest BCUT2D eigenvalue weighted by Gasteiger charge is -2.25. The van der Waals surface area contributed by atoms with Crippen molar-refractivity contribution < 1.29 is 0 Å². The average Bonchev–Trinajstić information content (AvgIpc) is 2.14. The Morgan fingerprint density at radius 1 is 1.43 bits per heavy atom. The highest BCUT2D eigenvalue weighted by Crippen LogP contribution is 2.15. The van der Waals surface area contributed by atoms with Gasteiger partial charge in [0.2, 0.25) is 0 Å². The number of hydrogen-bond donors (Lipinski definition) is 1. The molecule has 0 heterocycles. The molecule has 78 valence electrons. The highest BCUT2D eigenvalue weighted by Gasteiger charge is 2.05. The van der Waals surface area contributed by atoms with E-state index in [0.29, 0.717) is 0 Å². The van der Waals surface area contributed by atoms with Crippen molar-refractivity contribution in [2.45, 2.75) is 26.8 Å². The van der Waals surface area contributed by atoms with Gasteiger partial charge in [0.1, 0.15) is 0 Å². The minimum atomic E-state index is 0.218. The van der Waals surface area contributed by atoms with Crippen LogP contribution in [0.2, 0.25) is 0 Å². The Kier molecular flexibility index (Phi) is 3.96. The van der Waals surface area contributed by atoms with E-state index in [1.807, 2.05) is 6.92 Å². The molecule has 0 saturated heterocycles. The quantitative estimate of drug-likeness (QED) is 0.792. The molecule has 0 unspecified atom stereocenters. The Hall–Kier alpha value is -1.02. The van der Waals surface area contributed by atoms with E-state index < -0.39 is 0 Å². The van der Waals surface area contributed by atoms with Gasteiger partial charge in [-0.2, -0.15) is 0 Å². The van der Waals surface area contributed by atoms with Crippen molar-refractivity contribution in [3.63, 3.8) is 0 Å². The number of benzene rings is 1. The van der Waals surface area contributed by atoms with Crippen LogP contribution in [0, 0.1) is 6.92 Å². The van der Waals surface area contributed by atoms with Crippen molar-refractivity contribution in [1.82, 2.24) is 0 Å². The summed E-state index contributed by atoms with van der Waals surface area (Å²) in [6.45, 7) is 8.23. The summed E-state index contributed by atoms with van der Waals surface area (Å²) in [5.41, 5.74) is 8.37. The van der Waals surface area contributed by atoms with Crippen molar-refractivity contribution in [1.29, 1.82) is 0 Å². The fourth-order valence-electron chi connectivity index (χ4n) is 1.59. The molecule has 0 amide bonds. The Balaban J connectivity index is 2.78. The standard InChI is InChI=1S/C12H20N2/c1-4-14(9-11(3)13)12-7-5-6-10(2)8-12/h5-8,11H,4,9,13H2,1-3H3/t11-/m1/s1. The zero-order chi connectivity index (χ0) is 10.6. The maximum Gasteiger partial charge on any atom is 0.0369 e. The summed E-state index contributed by atoms with van der Waals surface area (Å²) in [5.74, 6) is 0. The number of nitrogens with two attached hydrogens (primary N) is 1. The molecule has 1 rings (SSSR count). The van der Waals surface area contributed by atoms with Gasteiger partial charge in [0, 0.05) is 24.8 Å². The molecule has 1 aromatic carbocycles. The fraction of sp³-hybridized carbons (Fsp3) is 0.500. The topological polar surface area (TPSA) is 29.3 Å². The third-order valence-corrected chi connectivity index (χ3v) is 2.26. The molecule has 14 heavy (non-hydrogen) atoms. The van der Waals surface area contributed by atoms with Crippen molar-refractivity contribution >= 4 is 5.69 Å². The molecule has 1 aromatic rings. The van der Waals surface area contributed by atoms with Crippen LogP contribution in [0.25, 0.3) is 0 Å². The minimum Gasteiger partial charge on any atom is -0.370 e. The summed E-state index contributed by atoms with van der Waals surface area (Å²) in [7, 11) is 0. The number of hydrogen-bond acceptors (Lipinski definition) is 2. The molecule has 0 radical (unpaired) electrons. The maximum absolute atomic E-state index is 5.80. The lowest BCUT2D eigenvalue weighted by Crippen LogP contribution is -2.35. The predicted molar refractivity (Wildman–Crippen MR) is 62.7 cm³/mol. The SMILES string of the molecule is CCN(C[C@@H](C)N)c1cccc(C)c1. The zero-order valence-corrected chi connectivity index (χ0v) is 9.33. The molecule has 0 spiro atoms. The first kappa shape index (κ1) is 11.1. The number of rotatable bonds is 4. The molecular formula is C12H20N2. The van der Waals surface area contributed by atoms with Gasteiger partial charge in [-0.25, -0.2) is 0 Å². The summed E-state index contributed by atoms with van der Waals surface area (Å²) in [6.07, 6.45) is 0. The molecule has 0 aliphatic heterocycles. The van der Waals surface area contributed by atoms with Gasteiger partial charge in [-0.15, -0.1) is 0 Å². The summed E-state index contributed by atoms with van der Waals surface area (Å²) >= 11 is 0. The molecule has 0 fully saturated rings. The van der Waals surface area contributed by atoms with Crippen molar-refractivity contribution in [2.75, 3.05) is 18.0 Å². The Morgan fingerprint density at radius 3 is 2.64 bits per heavy atom. The molecule has 0 bridgehead atoms. The molecule has 2 N–H and O–H groups in total. The van der Waals surface area contributed by atoms with Crippen molar-refractivity contribution in [2.24, 2.45) is 5.73 Å². The fourth-order valence-corrected chi connectivity index (χ4v) is 1.59. The van der Waals surface area contributed by atoms with Crippen molar-refractivity contribution in [3.8, 4) is 0 Å². The molecule has 2 nitrogen and oxygen atoms in total. The molecule has 0 saturated carbocycles. The van der Waals surface area contributed by atoms with E-state index in [0.717, 1.165) is 13.1 Å². The van der Waals surface area contributed by atoms with E-state index in [-0.39, 0.29) is 6.04 Å². The summed E-state index contributed by atoms with van der Waals surface area (Å²) in [5, 5.41) is 0. The van der Waals surface area contributed by atoms with E-state index in [1.54, 1.807) is 0 Å². The van der Waals surface area contributed by atoms with E-state index in [2.05, 4.69) is 43.0 Å². The Morgan fingerprint density at radius 2 is 2.14 bits per heavy atom. The summed E-state index contributed by atoms with van der Waals surface area (Å²) in [4.78, 5) is 2.30. The first-order valence-electron chi connectivity index (χ1n) is 5.20. The van der Waals surface area contributed by atoms with Gasteiger partial charge in [0.15, 0.2) is 0 Å². The van der Waals surface area contributed by atoms with Crippen LogP contribution in [0.4, 0.5) is 5.69 Å². The first-order chi connectivity index (χ1) is 6.63. The van der Waals surface area contributed by atoms with Gasteiger partial charge >= 0.3 is 0 Å². The maximum atomic E-state index is 5.80. The highest BCUT2D eigenvalue weighted by molar-refractivity contribution is 5.48. The Labute approximate surface area is 86.7 Å². The van der Waals surface area contributed by atoms with Gasteiger partial charge in [0.25, 0.3) is 0 Å². The van der Waals surface area contributed by atoms with E-state index in [4.69, 9.17) is 5.73 Å². The third-order valence-electron chi connectivity index (χ3n) is 2.26.